The minimum absolute atomic E-state index is 0.298. The second kappa shape index (κ2) is 11.7. The number of hydrogen-bond acceptors (Lipinski definition) is 6. The molecule has 0 atom stereocenters. The number of rotatable bonds is 9. The van der Waals surface area contributed by atoms with Crippen LogP contribution in [0.3, 0.4) is 0 Å². The van der Waals surface area contributed by atoms with Crippen molar-refractivity contribution >= 4 is 11.9 Å². The van der Waals surface area contributed by atoms with Crippen molar-refractivity contribution in [2.45, 2.75) is 45.8 Å². The fourth-order valence-corrected chi connectivity index (χ4v) is 3.20. The lowest BCUT2D eigenvalue weighted by Crippen LogP contribution is -2.47. The molecule has 158 valence electrons. The number of esters is 1. The molecule has 28 heavy (non-hydrogen) atoms. The van der Waals surface area contributed by atoms with Gasteiger partial charge in [-0.3, -0.25) is 0 Å². The van der Waals surface area contributed by atoms with E-state index in [2.05, 4.69) is 15.2 Å². The number of nitrogens with one attached hydrogen (secondary N) is 1. The highest BCUT2D eigenvalue weighted by molar-refractivity contribution is 5.90. The van der Waals surface area contributed by atoms with Crippen LogP contribution in [0.2, 0.25) is 0 Å². The van der Waals surface area contributed by atoms with Gasteiger partial charge < -0.3 is 28.8 Å². The van der Waals surface area contributed by atoms with Crippen LogP contribution >= 0.6 is 0 Å². The molecule has 1 aliphatic heterocycles. The van der Waals surface area contributed by atoms with Gasteiger partial charge in [0, 0.05) is 40.0 Å². The van der Waals surface area contributed by atoms with Gasteiger partial charge in [-0.05, 0) is 39.2 Å². The maximum atomic E-state index is 11.7. The number of aliphatic imine (C=N–C) groups is 1. The van der Waals surface area contributed by atoms with Gasteiger partial charge in [0.25, 0.3) is 0 Å². The van der Waals surface area contributed by atoms with E-state index >= 15 is 0 Å². The third-order valence-electron chi connectivity index (χ3n) is 4.68. The van der Waals surface area contributed by atoms with Gasteiger partial charge in [0.1, 0.15) is 23.6 Å². The summed E-state index contributed by atoms with van der Waals surface area (Å²) in [5, 5.41) is 3.34. The first-order valence-electron chi connectivity index (χ1n) is 9.90. The SMILES string of the molecule is CCNC(=NCc1cc(C(=O)OC)c(C)o1)N1CCC(OCCCOC)CC1. The normalized spacial score (nSPS) is 15.7. The first kappa shape index (κ1) is 22.2. The topological polar surface area (TPSA) is 85.5 Å². The van der Waals surface area contributed by atoms with Gasteiger partial charge in [-0.15, -0.1) is 0 Å². The van der Waals surface area contributed by atoms with Crippen LogP contribution in [-0.2, 0) is 20.8 Å². The summed E-state index contributed by atoms with van der Waals surface area (Å²) in [5.74, 6) is 1.66. The summed E-state index contributed by atoms with van der Waals surface area (Å²) in [6, 6.07) is 1.70. The Kier molecular flexibility index (Phi) is 9.30. The molecule has 8 heteroatoms. The zero-order chi connectivity index (χ0) is 20.4. The molecule has 1 aromatic rings. The second-order valence-corrected chi connectivity index (χ2v) is 6.75. The monoisotopic (exact) mass is 395 g/mol. The largest absolute Gasteiger partial charge is 0.465 e. The number of carbonyl (C=O) groups excluding carboxylic acids is 1. The molecule has 0 saturated carbocycles. The molecule has 0 amide bonds. The van der Waals surface area contributed by atoms with Crippen molar-refractivity contribution in [1.82, 2.24) is 10.2 Å². The van der Waals surface area contributed by atoms with Crippen molar-refractivity contribution in [3.63, 3.8) is 0 Å². The number of hydrogen-bond donors (Lipinski definition) is 1. The molecule has 1 N–H and O–H groups in total. The molecule has 0 spiro atoms. The van der Waals surface area contributed by atoms with Gasteiger partial charge in [-0.2, -0.15) is 0 Å². The van der Waals surface area contributed by atoms with E-state index in [0.717, 1.165) is 58.1 Å². The maximum Gasteiger partial charge on any atom is 0.341 e. The summed E-state index contributed by atoms with van der Waals surface area (Å²) in [7, 11) is 3.07. The maximum absolute atomic E-state index is 11.7. The Morgan fingerprint density at radius 2 is 2.07 bits per heavy atom. The molecule has 1 saturated heterocycles. The molecule has 0 unspecified atom stereocenters. The van der Waals surface area contributed by atoms with Crippen molar-refractivity contribution < 1.29 is 23.4 Å². The average molecular weight is 396 g/mol. The molecule has 1 aliphatic rings. The number of likely N-dealkylation sites (tertiary alicyclic amines) is 1. The number of guanidine groups is 1. The van der Waals surface area contributed by atoms with E-state index in [0.29, 0.717) is 29.7 Å². The Bertz CT molecular complexity index is 636. The predicted molar refractivity (Wildman–Crippen MR) is 107 cm³/mol. The molecule has 0 radical (unpaired) electrons. The van der Waals surface area contributed by atoms with Crippen molar-refractivity contribution in [1.29, 1.82) is 0 Å². The number of nitrogens with zero attached hydrogens (tertiary/aromatic N) is 2. The molecule has 1 aromatic heterocycles. The summed E-state index contributed by atoms with van der Waals surface area (Å²) in [5.41, 5.74) is 0.448. The summed E-state index contributed by atoms with van der Waals surface area (Å²) < 4.78 is 21.4. The Labute approximate surface area is 167 Å². The Morgan fingerprint density at radius 1 is 1.32 bits per heavy atom. The lowest BCUT2D eigenvalue weighted by atomic mass is 10.1. The molecule has 1 fully saturated rings. The standard InChI is InChI=1S/C20H33N3O5/c1-5-21-20(22-14-17-13-18(15(2)28-17)19(24)26-4)23-9-7-16(8-10-23)27-12-6-11-25-3/h13,16H,5-12,14H2,1-4H3,(H,21,22). The zero-order valence-corrected chi connectivity index (χ0v) is 17.5. The van der Waals surface area contributed by atoms with Crippen LogP contribution in [0.1, 0.15) is 48.1 Å². The molecule has 0 bridgehead atoms. The van der Waals surface area contributed by atoms with E-state index in [4.69, 9.17) is 18.6 Å². The molecule has 0 aliphatic carbocycles. The zero-order valence-electron chi connectivity index (χ0n) is 17.5. The summed E-state index contributed by atoms with van der Waals surface area (Å²) >= 11 is 0. The van der Waals surface area contributed by atoms with Gasteiger partial charge in [0.05, 0.1) is 13.2 Å². The van der Waals surface area contributed by atoms with Gasteiger partial charge >= 0.3 is 5.97 Å². The van der Waals surface area contributed by atoms with Crippen molar-refractivity contribution in [2.24, 2.45) is 4.99 Å². The van der Waals surface area contributed by atoms with Gasteiger partial charge in [0.2, 0.25) is 0 Å². The number of piperidine rings is 1. The number of methoxy groups -OCH3 is 2. The molecular formula is C20H33N3O5. The summed E-state index contributed by atoms with van der Waals surface area (Å²) in [6.45, 7) is 8.23. The van der Waals surface area contributed by atoms with Crippen LogP contribution in [0.25, 0.3) is 0 Å². The second-order valence-electron chi connectivity index (χ2n) is 6.75. The van der Waals surface area contributed by atoms with Crippen LogP contribution in [0, 0.1) is 6.92 Å². The average Bonchev–Trinajstić information content (AvgIpc) is 3.09. The van der Waals surface area contributed by atoms with Crippen LogP contribution in [0.5, 0.6) is 0 Å². The minimum Gasteiger partial charge on any atom is -0.465 e. The third-order valence-corrected chi connectivity index (χ3v) is 4.68. The summed E-state index contributed by atoms with van der Waals surface area (Å²) in [6.07, 6.45) is 3.18. The lowest BCUT2D eigenvalue weighted by molar-refractivity contribution is 0.00989. The number of aryl methyl sites for hydroxylation is 1. The highest BCUT2D eigenvalue weighted by atomic mass is 16.5. The van der Waals surface area contributed by atoms with E-state index in [9.17, 15) is 4.79 Å². The van der Waals surface area contributed by atoms with E-state index < -0.39 is 5.97 Å². The van der Waals surface area contributed by atoms with Crippen LogP contribution < -0.4 is 5.32 Å². The molecule has 8 nitrogen and oxygen atoms in total. The van der Waals surface area contributed by atoms with E-state index in [1.54, 1.807) is 20.1 Å². The molecule has 2 heterocycles. The Balaban J connectivity index is 1.90. The predicted octanol–water partition coefficient (Wildman–Crippen LogP) is 2.36. The molecular weight excluding hydrogens is 362 g/mol. The number of furan rings is 1. The fraction of sp³-hybridized carbons (Fsp3) is 0.700. The van der Waals surface area contributed by atoms with Crippen LogP contribution in [0.4, 0.5) is 0 Å². The number of carbonyl (C=O) groups is 1. The van der Waals surface area contributed by atoms with Crippen molar-refractivity contribution in [3.05, 3.63) is 23.2 Å². The van der Waals surface area contributed by atoms with Crippen LogP contribution in [-0.4, -0.2) is 70.0 Å². The minimum atomic E-state index is -0.393. The molecule has 0 aromatic carbocycles. The van der Waals surface area contributed by atoms with E-state index in [1.807, 2.05) is 6.92 Å². The Morgan fingerprint density at radius 3 is 2.71 bits per heavy atom. The fourth-order valence-electron chi connectivity index (χ4n) is 3.20. The third kappa shape index (κ3) is 6.53. The highest BCUT2D eigenvalue weighted by Gasteiger charge is 2.22. The van der Waals surface area contributed by atoms with Crippen LogP contribution in [0.15, 0.2) is 15.5 Å². The van der Waals surface area contributed by atoms with Gasteiger partial charge in [-0.25, -0.2) is 9.79 Å². The number of ether oxygens (including phenoxy) is 3. The first-order chi connectivity index (χ1) is 13.6. The van der Waals surface area contributed by atoms with Crippen molar-refractivity contribution in [3.8, 4) is 0 Å². The summed E-state index contributed by atoms with van der Waals surface area (Å²) in [4.78, 5) is 18.7. The quantitative estimate of drug-likeness (QED) is 0.297. The van der Waals surface area contributed by atoms with E-state index in [1.165, 1.54) is 7.11 Å². The Hall–Kier alpha value is -2.06. The van der Waals surface area contributed by atoms with Crippen molar-refractivity contribution in [2.75, 3.05) is 47.1 Å². The highest BCUT2D eigenvalue weighted by Crippen LogP contribution is 2.18. The molecule has 2 rings (SSSR count). The smallest absolute Gasteiger partial charge is 0.341 e. The first-order valence-corrected chi connectivity index (χ1v) is 9.90. The lowest BCUT2D eigenvalue weighted by Gasteiger charge is -2.34. The van der Waals surface area contributed by atoms with Gasteiger partial charge in [0.15, 0.2) is 5.96 Å². The van der Waals surface area contributed by atoms with Gasteiger partial charge in [-0.1, -0.05) is 0 Å². The van der Waals surface area contributed by atoms with E-state index in [-0.39, 0.29) is 0 Å².